The lowest BCUT2D eigenvalue weighted by Crippen LogP contribution is -2.14. The largest absolute Gasteiger partial charge is 0.308 e. The van der Waals surface area contributed by atoms with Crippen molar-refractivity contribution in [3.8, 4) is 0 Å². The molecule has 0 unspecified atom stereocenters. The molecule has 4 nitrogen and oxygen atoms in total. The van der Waals surface area contributed by atoms with Gasteiger partial charge in [0, 0.05) is 22.4 Å². The van der Waals surface area contributed by atoms with Crippen molar-refractivity contribution in [1.29, 1.82) is 0 Å². The number of hydrogen-bond acceptors (Lipinski definition) is 4. The quantitative estimate of drug-likeness (QED) is 0.858. The molecule has 0 aliphatic rings. The van der Waals surface area contributed by atoms with Crippen LogP contribution in [-0.4, -0.2) is 21.9 Å². The summed E-state index contributed by atoms with van der Waals surface area (Å²) in [6.45, 7) is 4.16. The maximum Gasteiger partial charge on any atom is 0.235 e. The van der Waals surface area contributed by atoms with Gasteiger partial charge in [-0.05, 0) is 17.4 Å². The van der Waals surface area contributed by atoms with Crippen LogP contribution in [0.5, 0.6) is 0 Å². The second-order valence-electron chi connectivity index (χ2n) is 4.48. The van der Waals surface area contributed by atoms with Crippen LogP contribution in [0.4, 0.5) is 5.82 Å². The van der Waals surface area contributed by atoms with Gasteiger partial charge < -0.3 is 5.32 Å². The van der Waals surface area contributed by atoms with E-state index in [9.17, 15) is 4.79 Å². The summed E-state index contributed by atoms with van der Waals surface area (Å²) >= 11 is 3.33. The summed E-state index contributed by atoms with van der Waals surface area (Å²) in [6, 6.07) is 5.99. The Balaban J connectivity index is 1.74. The first-order valence-electron chi connectivity index (χ1n) is 6.10. The van der Waals surface area contributed by atoms with Crippen LogP contribution in [0.3, 0.4) is 0 Å². The molecule has 6 heteroatoms. The SMILES string of the molecule is CC(C)c1cc(NC(=O)CSCc2cccs2)n[nH]1. The first-order chi connectivity index (χ1) is 9.15. The van der Waals surface area contributed by atoms with Crippen LogP contribution in [0, 0.1) is 0 Å². The Labute approximate surface area is 121 Å². The lowest BCUT2D eigenvalue weighted by Gasteiger charge is -2.01. The summed E-state index contributed by atoms with van der Waals surface area (Å²) in [5.41, 5.74) is 1.03. The molecule has 0 bridgehead atoms. The third-order valence-electron chi connectivity index (χ3n) is 2.54. The summed E-state index contributed by atoms with van der Waals surface area (Å²) in [5, 5.41) is 11.8. The minimum Gasteiger partial charge on any atom is -0.308 e. The normalized spacial score (nSPS) is 10.9. The third-order valence-corrected chi connectivity index (χ3v) is 4.59. The van der Waals surface area contributed by atoms with Gasteiger partial charge >= 0.3 is 0 Å². The number of carbonyl (C=O) groups excluding carboxylic acids is 1. The summed E-state index contributed by atoms with van der Waals surface area (Å²) in [7, 11) is 0. The molecule has 102 valence electrons. The van der Waals surface area contributed by atoms with Crippen LogP contribution in [0.15, 0.2) is 23.6 Å². The first kappa shape index (κ1) is 14.1. The molecular formula is C13H17N3OS2. The van der Waals surface area contributed by atoms with Crippen molar-refractivity contribution in [2.75, 3.05) is 11.1 Å². The molecule has 0 atom stereocenters. The van der Waals surface area contributed by atoms with Gasteiger partial charge in [0.1, 0.15) is 0 Å². The molecule has 0 saturated heterocycles. The molecule has 2 aromatic heterocycles. The van der Waals surface area contributed by atoms with Crippen LogP contribution in [0.1, 0.15) is 30.3 Å². The zero-order valence-corrected chi connectivity index (χ0v) is 12.6. The number of thiophene rings is 1. The van der Waals surface area contributed by atoms with Crippen molar-refractivity contribution in [2.45, 2.75) is 25.5 Å². The van der Waals surface area contributed by atoms with Crippen molar-refractivity contribution in [1.82, 2.24) is 10.2 Å². The van der Waals surface area contributed by atoms with Gasteiger partial charge in [0.05, 0.1) is 5.75 Å². The lowest BCUT2D eigenvalue weighted by molar-refractivity contribution is -0.113. The minimum absolute atomic E-state index is 0.0108. The molecule has 2 heterocycles. The van der Waals surface area contributed by atoms with Crippen molar-refractivity contribution in [3.05, 3.63) is 34.2 Å². The van der Waals surface area contributed by atoms with Crippen LogP contribution >= 0.6 is 23.1 Å². The molecule has 1 amide bonds. The third kappa shape index (κ3) is 4.40. The van der Waals surface area contributed by atoms with Crippen molar-refractivity contribution >= 4 is 34.8 Å². The van der Waals surface area contributed by atoms with Gasteiger partial charge in [0.15, 0.2) is 5.82 Å². The Hall–Kier alpha value is -1.27. The van der Waals surface area contributed by atoms with E-state index in [0.717, 1.165) is 11.4 Å². The topological polar surface area (TPSA) is 57.8 Å². The molecule has 0 fully saturated rings. The number of amides is 1. The van der Waals surface area contributed by atoms with Gasteiger partial charge in [-0.25, -0.2) is 0 Å². The van der Waals surface area contributed by atoms with Crippen LogP contribution < -0.4 is 5.32 Å². The average molecular weight is 295 g/mol. The van der Waals surface area contributed by atoms with Crippen molar-refractivity contribution < 1.29 is 4.79 Å². The van der Waals surface area contributed by atoms with Gasteiger partial charge in [0.2, 0.25) is 5.91 Å². The van der Waals surface area contributed by atoms with E-state index >= 15 is 0 Å². The van der Waals surface area contributed by atoms with Crippen molar-refractivity contribution in [2.24, 2.45) is 0 Å². The van der Waals surface area contributed by atoms with E-state index < -0.39 is 0 Å². The van der Waals surface area contributed by atoms with E-state index in [1.165, 1.54) is 4.88 Å². The maximum absolute atomic E-state index is 11.7. The number of H-pyrrole nitrogens is 1. The van der Waals surface area contributed by atoms with Gasteiger partial charge in [0.25, 0.3) is 0 Å². The highest BCUT2D eigenvalue weighted by Crippen LogP contribution is 2.18. The molecule has 0 spiro atoms. The molecule has 0 aliphatic heterocycles. The van der Waals surface area contributed by atoms with Crippen molar-refractivity contribution in [3.63, 3.8) is 0 Å². The molecule has 2 aromatic rings. The molecule has 0 saturated carbocycles. The lowest BCUT2D eigenvalue weighted by atomic mass is 10.1. The Morgan fingerprint density at radius 1 is 1.58 bits per heavy atom. The zero-order valence-electron chi connectivity index (χ0n) is 11.0. The maximum atomic E-state index is 11.7. The number of rotatable bonds is 6. The summed E-state index contributed by atoms with van der Waals surface area (Å²) in [6.07, 6.45) is 0. The predicted octanol–water partition coefficient (Wildman–Crippen LogP) is 3.47. The van der Waals surface area contributed by atoms with Crippen LogP contribution in [0.2, 0.25) is 0 Å². The van der Waals surface area contributed by atoms with E-state index in [2.05, 4.69) is 35.4 Å². The van der Waals surface area contributed by atoms with E-state index in [1.54, 1.807) is 23.1 Å². The Kier molecular flexibility index (Phi) is 5.04. The van der Waals surface area contributed by atoms with Crippen LogP contribution in [-0.2, 0) is 10.5 Å². The number of carbonyl (C=O) groups is 1. The Bertz CT molecular complexity index is 520. The fourth-order valence-corrected chi connectivity index (χ4v) is 3.18. The van der Waals surface area contributed by atoms with Gasteiger partial charge in [-0.2, -0.15) is 5.10 Å². The predicted molar refractivity (Wildman–Crippen MR) is 81.8 cm³/mol. The fraction of sp³-hybridized carbons (Fsp3) is 0.385. The number of nitrogens with one attached hydrogen (secondary N) is 2. The van der Waals surface area contributed by atoms with E-state index in [0.29, 0.717) is 17.5 Å². The van der Waals surface area contributed by atoms with E-state index in [4.69, 9.17) is 0 Å². The summed E-state index contributed by atoms with van der Waals surface area (Å²) in [5.74, 6) is 2.30. The number of aromatic amines is 1. The number of thioether (sulfide) groups is 1. The number of aromatic nitrogens is 2. The molecule has 0 aliphatic carbocycles. The molecule has 0 aromatic carbocycles. The molecule has 0 radical (unpaired) electrons. The smallest absolute Gasteiger partial charge is 0.235 e. The highest BCUT2D eigenvalue weighted by atomic mass is 32.2. The molecule has 2 N–H and O–H groups in total. The van der Waals surface area contributed by atoms with Gasteiger partial charge in [-0.3, -0.25) is 9.89 Å². The second-order valence-corrected chi connectivity index (χ2v) is 6.50. The summed E-state index contributed by atoms with van der Waals surface area (Å²) < 4.78 is 0. The monoisotopic (exact) mass is 295 g/mol. The van der Waals surface area contributed by atoms with E-state index in [-0.39, 0.29) is 5.91 Å². The summed E-state index contributed by atoms with van der Waals surface area (Å²) in [4.78, 5) is 13.0. The number of anilines is 1. The Morgan fingerprint density at radius 2 is 2.42 bits per heavy atom. The minimum atomic E-state index is -0.0108. The molecule has 19 heavy (non-hydrogen) atoms. The fourth-order valence-electron chi connectivity index (χ4n) is 1.51. The zero-order chi connectivity index (χ0) is 13.7. The second kappa shape index (κ2) is 6.77. The number of nitrogens with zero attached hydrogens (tertiary/aromatic N) is 1. The molecule has 2 rings (SSSR count). The standard InChI is InChI=1S/C13H17N3OS2/c1-9(2)11-6-12(16-15-11)14-13(17)8-18-7-10-4-3-5-19-10/h3-6,9H,7-8H2,1-2H3,(H2,14,15,16,17). The van der Waals surface area contributed by atoms with Gasteiger partial charge in [-0.1, -0.05) is 19.9 Å². The highest BCUT2D eigenvalue weighted by Gasteiger charge is 2.08. The van der Waals surface area contributed by atoms with Crippen LogP contribution in [0.25, 0.3) is 0 Å². The first-order valence-corrected chi connectivity index (χ1v) is 8.14. The molecular weight excluding hydrogens is 278 g/mol. The Morgan fingerprint density at radius 3 is 3.05 bits per heavy atom. The number of hydrogen-bond donors (Lipinski definition) is 2. The van der Waals surface area contributed by atoms with E-state index in [1.807, 2.05) is 17.5 Å². The van der Waals surface area contributed by atoms with Gasteiger partial charge in [-0.15, -0.1) is 23.1 Å². The highest BCUT2D eigenvalue weighted by molar-refractivity contribution is 7.99. The average Bonchev–Trinajstić information content (AvgIpc) is 3.00.